The number of carbonyl (C=O) groups is 2. The van der Waals surface area contributed by atoms with Crippen molar-refractivity contribution < 1.29 is 9.59 Å². The number of carbonyl (C=O) groups excluding carboxylic acids is 2. The summed E-state index contributed by atoms with van der Waals surface area (Å²) >= 11 is 1.66. The van der Waals surface area contributed by atoms with Gasteiger partial charge in [0.1, 0.15) is 0 Å². The van der Waals surface area contributed by atoms with E-state index in [0.717, 1.165) is 34.7 Å². The summed E-state index contributed by atoms with van der Waals surface area (Å²) in [6.45, 7) is 5.71. The number of thioether (sulfide) groups is 1. The van der Waals surface area contributed by atoms with Gasteiger partial charge >= 0.3 is 0 Å². The van der Waals surface area contributed by atoms with E-state index in [1.54, 1.807) is 11.8 Å². The van der Waals surface area contributed by atoms with Crippen molar-refractivity contribution in [1.29, 1.82) is 0 Å². The van der Waals surface area contributed by atoms with E-state index in [1.807, 2.05) is 69.3 Å². The number of amides is 2. The molecule has 1 aliphatic carbocycles. The van der Waals surface area contributed by atoms with E-state index in [9.17, 15) is 9.59 Å². The Kier molecular flexibility index (Phi) is 7.59. The molecule has 0 aromatic heterocycles. The van der Waals surface area contributed by atoms with Crippen molar-refractivity contribution in [3.8, 4) is 0 Å². The molecule has 0 atom stereocenters. The number of hydrogen-bond acceptors (Lipinski definition) is 3. The number of hydrogen-bond donors (Lipinski definition) is 2. The summed E-state index contributed by atoms with van der Waals surface area (Å²) in [7, 11) is 0. The Morgan fingerprint density at radius 3 is 2.47 bits per heavy atom. The first-order valence-electron chi connectivity index (χ1n) is 10.8. The molecule has 5 heteroatoms. The highest BCUT2D eigenvalue weighted by Crippen LogP contribution is 2.31. The number of anilines is 1. The fourth-order valence-corrected chi connectivity index (χ4v) is 4.44. The first kappa shape index (κ1) is 22.4. The molecule has 1 aliphatic rings. The smallest absolute Gasteiger partial charge is 0.251 e. The summed E-state index contributed by atoms with van der Waals surface area (Å²) in [5.41, 5.74) is 2.19. The minimum Gasteiger partial charge on any atom is -0.349 e. The summed E-state index contributed by atoms with van der Waals surface area (Å²) in [6, 6.07) is 16.0. The van der Waals surface area contributed by atoms with Crippen LogP contribution in [0.3, 0.4) is 0 Å². The van der Waals surface area contributed by atoms with Gasteiger partial charge in [0, 0.05) is 27.7 Å². The molecular weight excluding hydrogens is 392 g/mol. The van der Waals surface area contributed by atoms with Crippen LogP contribution in [0.4, 0.5) is 5.69 Å². The number of para-hydroxylation sites is 1. The van der Waals surface area contributed by atoms with Gasteiger partial charge in [0.15, 0.2) is 0 Å². The van der Waals surface area contributed by atoms with E-state index in [4.69, 9.17) is 0 Å². The van der Waals surface area contributed by atoms with Crippen molar-refractivity contribution in [3.63, 3.8) is 0 Å². The molecule has 2 aromatic rings. The Hall–Kier alpha value is -2.27. The van der Waals surface area contributed by atoms with Gasteiger partial charge < -0.3 is 10.6 Å². The Bertz CT molecular complexity index is 883. The molecule has 0 heterocycles. The van der Waals surface area contributed by atoms with Crippen LogP contribution < -0.4 is 10.6 Å². The molecule has 0 radical (unpaired) electrons. The lowest BCUT2D eigenvalue weighted by atomic mass is 9.95. The standard InChI is InChI=1S/C25H32N2O2S/c1-25(2,3)24(29)27-21-14-7-8-15-22(21)30-17-18-10-9-11-19(16-18)23(28)26-20-12-5-4-6-13-20/h7-11,14-16,20H,4-6,12-13,17H2,1-3H3,(H,26,28)(H,27,29). The predicted molar refractivity (Wildman–Crippen MR) is 125 cm³/mol. The Labute approximate surface area is 184 Å². The average Bonchev–Trinajstić information content (AvgIpc) is 2.73. The molecule has 1 fully saturated rings. The maximum absolute atomic E-state index is 12.6. The van der Waals surface area contributed by atoms with Gasteiger partial charge in [0.2, 0.25) is 5.91 Å². The minimum atomic E-state index is -0.447. The molecular formula is C25H32N2O2S. The SMILES string of the molecule is CC(C)(C)C(=O)Nc1ccccc1SCc1cccc(C(=O)NC2CCCCC2)c1. The van der Waals surface area contributed by atoms with Crippen LogP contribution in [-0.4, -0.2) is 17.9 Å². The number of rotatable bonds is 6. The topological polar surface area (TPSA) is 58.2 Å². The molecule has 3 rings (SSSR count). The highest BCUT2D eigenvalue weighted by molar-refractivity contribution is 7.98. The third-order valence-corrected chi connectivity index (χ3v) is 6.49. The van der Waals surface area contributed by atoms with Gasteiger partial charge in [-0.05, 0) is 42.7 Å². The maximum atomic E-state index is 12.6. The van der Waals surface area contributed by atoms with E-state index in [0.29, 0.717) is 11.6 Å². The molecule has 0 bridgehead atoms. The van der Waals surface area contributed by atoms with Gasteiger partial charge in [-0.3, -0.25) is 9.59 Å². The van der Waals surface area contributed by atoms with Crippen molar-refractivity contribution in [3.05, 3.63) is 59.7 Å². The summed E-state index contributed by atoms with van der Waals surface area (Å²) < 4.78 is 0. The van der Waals surface area contributed by atoms with Gasteiger partial charge in [-0.1, -0.05) is 64.3 Å². The molecule has 2 amide bonds. The van der Waals surface area contributed by atoms with Gasteiger partial charge in [0.25, 0.3) is 5.91 Å². The van der Waals surface area contributed by atoms with E-state index in [-0.39, 0.29) is 11.8 Å². The second kappa shape index (κ2) is 10.2. The lowest BCUT2D eigenvalue weighted by Crippen LogP contribution is -2.36. The highest BCUT2D eigenvalue weighted by Gasteiger charge is 2.22. The van der Waals surface area contributed by atoms with Crippen molar-refractivity contribution in [2.24, 2.45) is 5.41 Å². The minimum absolute atomic E-state index is 0.00284. The molecule has 4 nitrogen and oxygen atoms in total. The van der Waals surface area contributed by atoms with Crippen LogP contribution in [0.2, 0.25) is 0 Å². The normalized spacial score (nSPS) is 14.9. The molecule has 0 unspecified atom stereocenters. The fourth-order valence-electron chi connectivity index (χ4n) is 3.48. The van der Waals surface area contributed by atoms with E-state index in [2.05, 4.69) is 10.6 Å². The molecule has 2 N–H and O–H groups in total. The van der Waals surface area contributed by atoms with E-state index in [1.165, 1.54) is 19.3 Å². The van der Waals surface area contributed by atoms with Crippen LogP contribution >= 0.6 is 11.8 Å². The molecule has 0 aliphatic heterocycles. The van der Waals surface area contributed by atoms with Crippen molar-refractivity contribution in [2.45, 2.75) is 69.6 Å². The third-order valence-electron chi connectivity index (χ3n) is 5.34. The molecule has 30 heavy (non-hydrogen) atoms. The zero-order valence-corrected chi connectivity index (χ0v) is 19.0. The fraction of sp³-hybridized carbons (Fsp3) is 0.440. The van der Waals surface area contributed by atoms with E-state index < -0.39 is 5.41 Å². The summed E-state index contributed by atoms with van der Waals surface area (Å²) in [4.78, 5) is 26.0. The molecule has 1 saturated carbocycles. The van der Waals surface area contributed by atoms with Crippen molar-refractivity contribution in [2.75, 3.05) is 5.32 Å². The van der Waals surface area contributed by atoms with Crippen molar-refractivity contribution in [1.82, 2.24) is 5.32 Å². The predicted octanol–water partition coefficient (Wildman–Crippen LogP) is 6.03. The second-order valence-electron chi connectivity index (χ2n) is 9.00. The maximum Gasteiger partial charge on any atom is 0.251 e. The first-order chi connectivity index (χ1) is 14.3. The summed E-state index contributed by atoms with van der Waals surface area (Å²) in [5, 5.41) is 6.23. The quantitative estimate of drug-likeness (QED) is 0.557. The molecule has 160 valence electrons. The first-order valence-corrected chi connectivity index (χ1v) is 11.7. The highest BCUT2D eigenvalue weighted by atomic mass is 32.2. The Morgan fingerprint density at radius 1 is 1.00 bits per heavy atom. The monoisotopic (exact) mass is 424 g/mol. The second-order valence-corrected chi connectivity index (χ2v) is 10.0. The zero-order valence-electron chi connectivity index (χ0n) is 18.2. The number of nitrogens with one attached hydrogen (secondary N) is 2. The van der Waals surface area contributed by atoms with Gasteiger partial charge in [-0.2, -0.15) is 0 Å². The van der Waals surface area contributed by atoms with Gasteiger partial charge in [-0.15, -0.1) is 11.8 Å². The summed E-state index contributed by atoms with van der Waals surface area (Å²) in [6.07, 6.45) is 5.84. The van der Waals surface area contributed by atoms with Crippen LogP contribution in [0.1, 0.15) is 68.8 Å². The van der Waals surface area contributed by atoms with Crippen LogP contribution in [0, 0.1) is 5.41 Å². The van der Waals surface area contributed by atoms with Crippen LogP contribution in [0.15, 0.2) is 53.4 Å². The average molecular weight is 425 g/mol. The van der Waals surface area contributed by atoms with Crippen LogP contribution in [-0.2, 0) is 10.5 Å². The lowest BCUT2D eigenvalue weighted by Gasteiger charge is -2.22. The zero-order chi connectivity index (χ0) is 21.6. The Morgan fingerprint density at radius 2 is 1.73 bits per heavy atom. The van der Waals surface area contributed by atoms with Gasteiger partial charge in [0.05, 0.1) is 5.69 Å². The van der Waals surface area contributed by atoms with Crippen LogP contribution in [0.25, 0.3) is 0 Å². The van der Waals surface area contributed by atoms with Crippen molar-refractivity contribution >= 4 is 29.3 Å². The Balaban J connectivity index is 1.63. The largest absolute Gasteiger partial charge is 0.349 e. The molecule has 0 spiro atoms. The summed E-state index contributed by atoms with van der Waals surface area (Å²) in [5.74, 6) is 0.746. The number of benzene rings is 2. The van der Waals surface area contributed by atoms with Gasteiger partial charge in [-0.25, -0.2) is 0 Å². The van der Waals surface area contributed by atoms with E-state index >= 15 is 0 Å². The molecule has 0 saturated heterocycles. The third kappa shape index (κ3) is 6.36. The molecule has 2 aromatic carbocycles. The van der Waals surface area contributed by atoms with Crippen LogP contribution in [0.5, 0.6) is 0 Å². The lowest BCUT2D eigenvalue weighted by molar-refractivity contribution is -0.123.